The van der Waals surface area contributed by atoms with Crippen LogP contribution in [0.25, 0.3) is 0 Å². The Morgan fingerprint density at radius 2 is 1.60 bits per heavy atom. The van der Waals surface area contributed by atoms with Crippen LogP contribution in [0.1, 0.15) is 31.2 Å². The van der Waals surface area contributed by atoms with Gasteiger partial charge in [0.2, 0.25) is 5.88 Å². The molecule has 3 aromatic rings. The fourth-order valence-electron chi connectivity index (χ4n) is 2.19. The molecule has 0 amide bonds. The topological polar surface area (TPSA) is 44.2 Å². The third-order valence-corrected chi connectivity index (χ3v) is 3.69. The maximum atomic E-state index is 6.03. The smallest absolute Gasteiger partial charge is 0.224 e. The molecule has 0 spiro atoms. The number of hydrogen-bond donors (Lipinski definition) is 0. The van der Waals surface area contributed by atoms with E-state index in [9.17, 15) is 0 Å². The predicted molar refractivity (Wildman–Crippen MR) is 98.4 cm³/mol. The Labute approximate surface area is 152 Å². The molecule has 0 aliphatic carbocycles. The average molecular weight is 355 g/mol. The Morgan fingerprint density at radius 1 is 0.920 bits per heavy atom. The maximum absolute atomic E-state index is 6.03. The van der Waals surface area contributed by atoms with E-state index >= 15 is 0 Å². The summed E-state index contributed by atoms with van der Waals surface area (Å²) in [6.45, 7) is 4.54. The van der Waals surface area contributed by atoms with Crippen molar-refractivity contribution >= 4 is 11.6 Å². The van der Waals surface area contributed by atoms with E-state index in [0.717, 1.165) is 11.3 Å². The molecule has 1 aromatic heterocycles. The molecule has 0 aliphatic heterocycles. The van der Waals surface area contributed by atoms with E-state index < -0.39 is 0 Å². The molecule has 5 heteroatoms. The number of benzene rings is 2. The first-order valence-electron chi connectivity index (χ1n) is 8.09. The number of halogens is 1. The van der Waals surface area contributed by atoms with E-state index in [-0.39, 0.29) is 5.92 Å². The van der Waals surface area contributed by atoms with Crippen molar-refractivity contribution in [1.82, 2.24) is 9.97 Å². The number of nitrogens with zero attached hydrogens (tertiary/aromatic N) is 2. The lowest BCUT2D eigenvalue weighted by atomic mass is 10.2. The molecule has 0 N–H and O–H groups in total. The standard InChI is InChI=1S/C20H19ClN2O2/c1-14(2)20-22-18(21)12-19(23-20)25-17-10-8-16(9-11-17)24-13-15-6-4-3-5-7-15/h3-12,14H,13H2,1-2H3. The number of hydrogen-bond acceptors (Lipinski definition) is 4. The summed E-state index contributed by atoms with van der Waals surface area (Å²) in [5, 5.41) is 0.372. The Hall–Kier alpha value is -2.59. The Bertz CT molecular complexity index is 821. The summed E-state index contributed by atoms with van der Waals surface area (Å²) in [6.07, 6.45) is 0. The van der Waals surface area contributed by atoms with Gasteiger partial charge >= 0.3 is 0 Å². The minimum absolute atomic E-state index is 0.176. The van der Waals surface area contributed by atoms with Crippen molar-refractivity contribution in [2.24, 2.45) is 0 Å². The highest BCUT2D eigenvalue weighted by molar-refractivity contribution is 6.29. The lowest BCUT2D eigenvalue weighted by Crippen LogP contribution is -2.00. The van der Waals surface area contributed by atoms with Gasteiger partial charge in [-0.05, 0) is 29.8 Å². The number of aromatic nitrogens is 2. The molecule has 128 valence electrons. The predicted octanol–water partition coefficient (Wildman–Crippen LogP) is 5.62. The molecule has 2 aromatic carbocycles. The van der Waals surface area contributed by atoms with Crippen LogP contribution in [0.3, 0.4) is 0 Å². The Morgan fingerprint density at radius 3 is 2.28 bits per heavy atom. The van der Waals surface area contributed by atoms with E-state index in [1.807, 2.05) is 68.4 Å². The van der Waals surface area contributed by atoms with Gasteiger partial charge in [-0.15, -0.1) is 0 Å². The van der Waals surface area contributed by atoms with E-state index in [0.29, 0.717) is 29.2 Å². The lowest BCUT2D eigenvalue weighted by Gasteiger charge is -2.10. The average Bonchev–Trinajstić information content (AvgIpc) is 2.61. The summed E-state index contributed by atoms with van der Waals surface area (Å²) in [5.74, 6) is 2.71. The van der Waals surface area contributed by atoms with Crippen LogP contribution in [0.4, 0.5) is 0 Å². The highest BCUT2D eigenvalue weighted by atomic mass is 35.5. The van der Waals surface area contributed by atoms with Crippen molar-refractivity contribution in [1.29, 1.82) is 0 Å². The molecule has 0 unspecified atom stereocenters. The van der Waals surface area contributed by atoms with Gasteiger partial charge < -0.3 is 9.47 Å². The summed E-state index contributed by atoms with van der Waals surface area (Å²) < 4.78 is 11.5. The van der Waals surface area contributed by atoms with Crippen molar-refractivity contribution in [3.63, 3.8) is 0 Å². The van der Waals surface area contributed by atoms with Crippen molar-refractivity contribution in [3.8, 4) is 17.4 Å². The second kappa shape index (κ2) is 7.99. The Balaban J connectivity index is 1.64. The fourth-order valence-corrected chi connectivity index (χ4v) is 2.37. The van der Waals surface area contributed by atoms with Crippen LogP contribution in [0.2, 0.25) is 5.15 Å². The van der Waals surface area contributed by atoms with Crippen LogP contribution in [-0.2, 0) is 6.61 Å². The first kappa shape index (κ1) is 17.2. The third-order valence-electron chi connectivity index (χ3n) is 3.50. The van der Waals surface area contributed by atoms with Gasteiger partial charge in [0.1, 0.15) is 29.1 Å². The molecular formula is C20H19ClN2O2. The van der Waals surface area contributed by atoms with Crippen LogP contribution < -0.4 is 9.47 Å². The van der Waals surface area contributed by atoms with E-state index in [1.165, 1.54) is 0 Å². The second-order valence-corrected chi connectivity index (χ2v) is 6.28. The number of rotatable bonds is 6. The van der Waals surface area contributed by atoms with Crippen molar-refractivity contribution in [2.75, 3.05) is 0 Å². The van der Waals surface area contributed by atoms with Gasteiger partial charge in [0.15, 0.2) is 0 Å². The van der Waals surface area contributed by atoms with Gasteiger partial charge in [-0.25, -0.2) is 4.98 Å². The molecular weight excluding hydrogens is 336 g/mol. The monoisotopic (exact) mass is 354 g/mol. The molecule has 0 bridgehead atoms. The van der Waals surface area contributed by atoms with Crippen LogP contribution in [0.5, 0.6) is 17.4 Å². The molecule has 0 saturated heterocycles. The van der Waals surface area contributed by atoms with Crippen LogP contribution in [0.15, 0.2) is 60.7 Å². The van der Waals surface area contributed by atoms with Crippen LogP contribution >= 0.6 is 11.6 Å². The van der Waals surface area contributed by atoms with Gasteiger partial charge in [0, 0.05) is 12.0 Å². The third kappa shape index (κ3) is 4.94. The molecule has 3 rings (SSSR count). The molecule has 1 heterocycles. The number of ether oxygens (including phenoxy) is 2. The summed E-state index contributed by atoms with van der Waals surface area (Å²) in [6, 6.07) is 19.0. The van der Waals surface area contributed by atoms with Gasteiger partial charge in [-0.2, -0.15) is 4.98 Å². The minimum Gasteiger partial charge on any atom is -0.489 e. The molecule has 0 saturated carbocycles. The van der Waals surface area contributed by atoms with Gasteiger partial charge in [-0.1, -0.05) is 55.8 Å². The molecule has 25 heavy (non-hydrogen) atoms. The molecule has 4 nitrogen and oxygen atoms in total. The molecule has 0 aliphatic rings. The van der Waals surface area contributed by atoms with Crippen molar-refractivity contribution < 1.29 is 9.47 Å². The van der Waals surface area contributed by atoms with E-state index in [2.05, 4.69) is 9.97 Å². The SMILES string of the molecule is CC(C)c1nc(Cl)cc(Oc2ccc(OCc3ccccc3)cc2)n1. The summed E-state index contributed by atoms with van der Waals surface area (Å²) in [5.41, 5.74) is 1.12. The highest BCUT2D eigenvalue weighted by Gasteiger charge is 2.09. The summed E-state index contributed by atoms with van der Waals surface area (Å²) >= 11 is 6.03. The first-order chi connectivity index (χ1) is 12.1. The normalized spacial score (nSPS) is 10.7. The second-order valence-electron chi connectivity index (χ2n) is 5.89. The minimum atomic E-state index is 0.176. The maximum Gasteiger partial charge on any atom is 0.224 e. The zero-order valence-electron chi connectivity index (χ0n) is 14.1. The Kier molecular flexibility index (Phi) is 5.51. The van der Waals surface area contributed by atoms with Gasteiger partial charge in [-0.3, -0.25) is 0 Å². The molecule has 0 atom stereocenters. The lowest BCUT2D eigenvalue weighted by molar-refractivity contribution is 0.305. The van der Waals surface area contributed by atoms with Crippen LogP contribution in [-0.4, -0.2) is 9.97 Å². The summed E-state index contributed by atoms with van der Waals surface area (Å²) in [4.78, 5) is 8.57. The van der Waals surface area contributed by atoms with E-state index in [1.54, 1.807) is 6.07 Å². The largest absolute Gasteiger partial charge is 0.489 e. The van der Waals surface area contributed by atoms with Crippen molar-refractivity contribution in [2.45, 2.75) is 26.4 Å². The highest BCUT2D eigenvalue weighted by Crippen LogP contribution is 2.25. The first-order valence-corrected chi connectivity index (χ1v) is 8.47. The van der Waals surface area contributed by atoms with Crippen LogP contribution in [0, 0.1) is 0 Å². The van der Waals surface area contributed by atoms with Crippen molar-refractivity contribution in [3.05, 3.63) is 77.2 Å². The fraction of sp³-hybridized carbons (Fsp3) is 0.200. The quantitative estimate of drug-likeness (QED) is 0.538. The van der Waals surface area contributed by atoms with E-state index in [4.69, 9.17) is 21.1 Å². The molecule has 0 fully saturated rings. The van der Waals surface area contributed by atoms with Gasteiger partial charge in [0.05, 0.1) is 0 Å². The molecule has 0 radical (unpaired) electrons. The zero-order chi connectivity index (χ0) is 17.6. The van der Waals surface area contributed by atoms with Gasteiger partial charge in [0.25, 0.3) is 0 Å². The zero-order valence-corrected chi connectivity index (χ0v) is 14.9. The summed E-state index contributed by atoms with van der Waals surface area (Å²) in [7, 11) is 0.